The molecule has 0 spiro atoms. The number of anilines is 2. The van der Waals surface area contributed by atoms with Crippen LogP contribution in [0.2, 0.25) is 0 Å². The van der Waals surface area contributed by atoms with Gasteiger partial charge in [0.05, 0.1) is 5.69 Å². The molecule has 0 aliphatic heterocycles. The van der Waals surface area contributed by atoms with Crippen LogP contribution >= 0.6 is 11.5 Å². The zero-order chi connectivity index (χ0) is 25.8. The highest BCUT2D eigenvalue weighted by atomic mass is 32.1. The number of aryl methyl sites for hydroxylation is 1. The first-order valence-electron chi connectivity index (χ1n) is 11.9. The summed E-state index contributed by atoms with van der Waals surface area (Å²) in [4.78, 5) is 40.9. The van der Waals surface area contributed by atoms with Gasteiger partial charge < -0.3 is 21.9 Å². The third-order valence-corrected chi connectivity index (χ3v) is 7.27. The van der Waals surface area contributed by atoms with Crippen molar-refractivity contribution in [1.29, 1.82) is 0 Å². The van der Waals surface area contributed by atoms with Crippen LogP contribution in [0.5, 0.6) is 5.75 Å². The summed E-state index contributed by atoms with van der Waals surface area (Å²) in [7, 11) is 0. The van der Waals surface area contributed by atoms with Crippen LogP contribution in [0.4, 0.5) is 11.4 Å². The van der Waals surface area contributed by atoms with Crippen molar-refractivity contribution < 1.29 is 19.5 Å². The van der Waals surface area contributed by atoms with Gasteiger partial charge in [0, 0.05) is 11.7 Å². The van der Waals surface area contributed by atoms with Crippen LogP contribution in [0.25, 0.3) is 0 Å². The number of benzene rings is 2. The molecule has 0 bridgehead atoms. The van der Waals surface area contributed by atoms with E-state index in [1.807, 2.05) is 19.1 Å². The molecule has 4 rings (SSSR count). The van der Waals surface area contributed by atoms with Crippen LogP contribution < -0.4 is 21.7 Å². The summed E-state index contributed by atoms with van der Waals surface area (Å²) in [5.41, 5.74) is 13.2. The Morgan fingerprint density at radius 2 is 1.75 bits per heavy atom. The SMILES string of the molecule is CCc1ccc(N(C(=O)c2snc(C(N)=O)c2N)C(C(=O)NC2CCCC2)c2ccc(O)cc2)cc1. The largest absolute Gasteiger partial charge is 0.508 e. The first kappa shape index (κ1) is 25.2. The number of aromatic nitrogens is 1. The van der Waals surface area contributed by atoms with E-state index in [9.17, 15) is 19.5 Å². The molecule has 10 heteroatoms. The Morgan fingerprint density at radius 1 is 1.11 bits per heavy atom. The predicted molar refractivity (Wildman–Crippen MR) is 139 cm³/mol. The normalized spacial score (nSPS) is 14.4. The minimum absolute atomic E-state index is 0.0146. The lowest BCUT2D eigenvalue weighted by atomic mass is 10.0. The molecule has 3 amide bonds. The Bertz CT molecular complexity index is 1250. The van der Waals surface area contributed by atoms with Crippen molar-refractivity contribution in [1.82, 2.24) is 9.69 Å². The van der Waals surface area contributed by atoms with E-state index in [-0.39, 0.29) is 34.0 Å². The van der Waals surface area contributed by atoms with Gasteiger partial charge in [0.15, 0.2) is 5.69 Å². The molecule has 3 aromatic rings. The second-order valence-electron chi connectivity index (χ2n) is 8.82. The predicted octanol–water partition coefficient (Wildman–Crippen LogP) is 3.54. The number of carbonyl (C=O) groups excluding carboxylic acids is 3. The van der Waals surface area contributed by atoms with Crippen molar-refractivity contribution >= 4 is 40.6 Å². The van der Waals surface area contributed by atoms with Crippen LogP contribution in [0, 0.1) is 0 Å². The van der Waals surface area contributed by atoms with Crippen LogP contribution in [-0.2, 0) is 11.2 Å². The number of nitrogens with two attached hydrogens (primary N) is 2. The molecule has 9 nitrogen and oxygen atoms in total. The second-order valence-corrected chi connectivity index (χ2v) is 9.59. The molecule has 1 aliphatic rings. The minimum atomic E-state index is -1.07. The molecule has 1 aliphatic carbocycles. The molecule has 2 aromatic carbocycles. The number of amides is 3. The molecule has 1 saturated carbocycles. The molecule has 1 aromatic heterocycles. The Hall–Kier alpha value is -3.92. The molecule has 36 heavy (non-hydrogen) atoms. The molecule has 0 saturated heterocycles. The summed E-state index contributed by atoms with van der Waals surface area (Å²) in [5, 5.41) is 12.9. The van der Waals surface area contributed by atoms with E-state index in [2.05, 4.69) is 9.69 Å². The Morgan fingerprint density at radius 3 is 2.31 bits per heavy atom. The summed E-state index contributed by atoms with van der Waals surface area (Å²) in [5.74, 6) is -1.73. The van der Waals surface area contributed by atoms with Crippen LogP contribution in [0.1, 0.15) is 69.9 Å². The first-order chi connectivity index (χ1) is 17.3. The molecule has 188 valence electrons. The monoisotopic (exact) mass is 507 g/mol. The number of nitrogens with zero attached hydrogens (tertiary/aromatic N) is 2. The number of carbonyl (C=O) groups is 3. The fourth-order valence-corrected chi connectivity index (χ4v) is 5.18. The summed E-state index contributed by atoms with van der Waals surface area (Å²) in [6.45, 7) is 2.02. The topological polar surface area (TPSA) is 152 Å². The summed E-state index contributed by atoms with van der Waals surface area (Å²) in [6, 6.07) is 12.5. The van der Waals surface area contributed by atoms with Crippen LogP contribution in [0.15, 0.2) is 48.5 Å². The van der Waals surface area contributed by atoms with E-state index in [1.54, 1.807) is 24.3 Å². The van der Waals surface area contributed by atoms with Crippen LogP contribution in [-0.4, -0.2) is 33.2 Å². The zero-order valence-corrected chi connectivity index (χ0v) is 20.8. The van der Waals surface area contributed by atoms with Gasteiger partial charge in [-0.15, -0.1) is 0 Å². The maximum Gasteiger partial charge on any atom is 0.273 e. The zero-order valence-electron chi connectivity index (χ0n) is 19.9. The van der Waals surface area contributed by atoms with E-state index in [0.29, 0.717) is 11.3 Å². The molecular formula is C26H29N5O4S. The average Bonchev–Trinajstić information content (AvgIpc) is 3.52. The van der Waals surface area contributed by atoms with Crippen molar-refractivity contribution in [2.24, 2.45) is 5.73 Å². The van der Waals surface area contributed by atoms with Gasteiger partial charge in [0.25, 0.3) is 11.8 Å². The highest BCUT2D eigenvalue weighted by Gasteiger charge is 2.37. The van der Waals surface area contributed by atoms with Gasteiger partial charge >= 0.3 is 0 Å². The van der Waals surface area contributed by atoms with Crippen molar-refractivity contribution in [3.63, 3.8) is 0 Å². The molecule has 1 atom stereocenters. The van der Waals surface area contributed by atoms with Crippen molar-refractivity contribution in [3.8, 4) is 5.75 Å². The molecular weight excluding hydrogens is 478 g/mol. The Kier molecular flexibility index (Phi) is 7.54. The van der Waals surface area contributed by atoms with E-state index in [1.165, 1.54) is 17.0 Å². The van der Waals surface area contributed by atoms with Gasteiger partial charge in [-0.05, 0) is 66.2 Å². The van der Waals surface area contributed by atoms with Gasteiger partial charge in [-0.1, -0.05) is 44.0 Å². The number of phenolic OH excluding ortho intramolecular Hbond substituents is 1. The quantitative estimate of drug-likeness (QED) is 0.366. The average molecular weight is 508 g/mol. The molecule has 6 N–H and O–H groups in total. The van der Waals surface area contributed by atoms with Gasteiger partial charge in [0.1, 0.15) is 16.7 Å². The molecule has 1 unspecified atom stereocenters. The van der Waals surface area contributed by atoms with Crippen molar-refractivity contribution in [2.75, 3.05) is 10.6 Å². The lowest BCUT2D eigenvalue weighted by molar-refractivity contribution is -0.123. The standard InChI is InChI=1S/C26H29N5O4S/c1-2-15-7-11-18(12-8-15)31(26(35)23-20(27)21(24(28)33)30-36-23)22(16-9-13-19(32)14-10-16)25(34)29-17-5-3-4-6-17/h7-14,17,22,32H,2-6,27H2,1H3,(H2,28,33)(H,29,34). The van der Waals surface area contributed by atoms with Gasteiger partial charge in [0.2, 0.25) is 5.91 Å². The van der Waals surface area contributed by atoms with E-state index in [4.69, 9.17) is 11.5 Å². The highest BCUT2D eigenvalue weighted by Crippen LogP contribution is 2.34. The summed E-state index contributed by atoms with van der Waals surface area (Å²) >= 11 is 0.764. The van der Waals surface area contributed by atoms with E-state index < -0.39 is 17.9 Å². The minimum Gasteiger partial charge on any atom is -0.508 e. The number of primary amides is 1. The third-order valence-electron chi connectivity index (χ3n) is 6.41. The number of aromatic hydroxyl groups is 1. The van der Waals surface area contributed by atoms with E-state index >= 15 is 0 Å². The maximum atomic E-state index is 14.0. The second kappa shape index (κ2) is 10.8. The number of hydrogen-bond acceptors (Lipinski definition) is 7. The number of nitrogen functional groups attached to an aromatic ring is 1. The lowest BCUT2D eigenvalue weighted by Crippen LogP contribution is -2.46. The summed E-state index contributed by atoms with van der Waals surface area (Å²) in [6.07, 6.45) is 4.61. The van der Waals surface area contributed by atoms with Crippen molar-refractivity contribution in [3.05, 3.63) is 70.2 Å². The lowest BCUT2D eigenvalue weighted by Gasteiger charge is -2.32. The highest BCUT2D eigenvalue weighted by molar-refractivity contribution is 7.09. The number of rotatable bonds is 8. The van der Waals surface area contributed by atoms with Gasteiger partial charge in [-0.25, -0.2) is 0 Å². The Labute approximate surface area is 213 Å². The first-order valence-corrected chi connectivity index (χ1v) is 12.6. The number of nitrogens with one attached hydrogen (secondary N) is 1. The Balaban J connectivity index is 1.84. The maximum absolute atomic E-state index is 14.0. The van der Waals surface area contributed by atoms with Crippen molar-refractivity contribution in [2.45, 2.75) is 51.1 Å². The van der Waals surface area contributed by atoms with Gasteiger partial charge in [-0.3, -0.25) is 19.3 Å². The molecule has 1 heterocycles. The summed E-state index contributed by atoms with van der Waals surface area (Å²) < 4.78 is 3.97. The van der Waals surface area contributed by atoms with Gasteiger partial charge in [-0.2, -0.15) is 4.37 Å². The number of phenols is 1. The molecule has 1 fully saturated rings. The fourth-order valence-electron chi connectivity index (χ4n) is 4.44. The smallest absolute Gasteiger partial charge is 0.273 e. The number of hydrogen-bond donors (Lipinski definition) is 4. The van der Waals surface area contributed by atoms with Crippen LogP contribution in [0.3, 0.4) is 0 Å². The third kappa shape index (κ3) is 5.18. The van der Waals surface area contributed by atoms with E-state index in [0.717, 1.165) is 49.2 Å². The fraction of sp³-hybridized carbons (Fsp3) is 0.308. The molecule has 0 radical (unpaired) electrons.